The quantitative estimate of drug-likeness (QED) is 0.0699. The fourth-order valence-electron chi connectivity index (χ4n) is 6.25. The molecule has 10 heteroatoms. The molecule has 296 valence electrons. The molecule has 1 aliphatic carbocycles. The second kappa shape index (κ2) is 21.7. The third-order valence-electron chi connectivity index (χ3n) is 8.27. The molecule has 3 aromatic carbocycles. The fraction of sp³-hybridized carbons (Fsp3) is 0.261. The normalized spacial score (nSPS) is 14.2. The summed E-state index contributed by atoms with van der Waals surface area (Å²) in [5.74, 6) is 3.31. The average Bonchev–Trinajstić information content (AvgIpc) is 3.22. The molecular formula is C46H52O10. The van der Waals surface area contributed by atoms with Gasteiger partial charge in [-0.1, -0.05) is 88.1 Å². The van der Waals surface area contributed by atoms with E-state index in [1.807, 2.05) is 6.08 Å². The molecule has 0 spiro atoms. The van der Waals surface area contributed by atoms with E-state index in [9.17, 15) is 0 Å². The Morgan fingerprint density at radius 2 is 0.893 bits per heavy atom. The molecule has 1 unspecified atom stereocenters. The zero-order valence-electron chi connectivity index (χ0n) is 32.5. The van der Waals surface area contributed by atoms with Crippen LogP contribution in [0.25, 0.3) is 27.7 Å². The van der Waals surface area contributed by atoms with E-state index in [-0.39, 0.29) is 52.9 Å². The number of hydrogen-bond donors (Lipinski definition) is 0. The lowest BCUT2D eigenvalue weighted by Gasteiger charge is -2.35. The molecule has 2 atom stereocenters. The fourth-order valence-corrected chi connectivity index (χ4v) is 6.25. The second-order valence-electron chi connectivity index (χ2n) is 11.9. The van der Waals surface area contributed by atoms with Crippen LogP contribution in [0.4, 0.5) is 0 Å². The molecule has 4 rings (SSSR count). The summed E-state index contributed by atoms with van der Waals surface area (Å²) in [6.45, 7) is 32.5. The van der Waals surface area contributed by atoms with Gasteiger partial charge in [0.25, 0.3) is 0 Å². The third-order valence-corrected chi connectivity index (χ3v) is 8.27. The third kappa shape index (κ3) is 9.39. The maximum absolute atomic E-state index is 6.51. The van der Waals surface area contributed by atoms with E-state index >= 15 is 0 Å². The van der Waals surface area contributed by atoms with Crippen LogP contribution in [0.5, 0.6) is 40.2 Å². The number of methoxy groups -OCH3 is 2. The highest BCUT2D eigenvalue weighted by Crippen LogP contribution is 2.58. The first-order valence-electron chi connectivity index (χ1n) is 18.0. The minimum Gasteiger partial charge on any atom is -0.496 e. The van der Waals surface area contributed by atoms with Crippen LogP contribution in [0.3, 0.4) is 0 Å². The van der Waals surface area contributed by atoms with Gasteiger partial charge >= 0.3 is 0 Å². The van der Waals surface area contributed by atoms with Crippen LogP contribution in [0, 0.1) is 0 Å². The molecule has 0 saturated carbocycles. The summed E-state index contributed by atoms with van der Waals surface area (Å²) in [6.07, 6.45) is 13.8. The molecule has 0 aliphatic heterocycles. The van der Waals surface area contributed by atoms with Crippen molar-refractivity contribution in [2.75, 3.05) is 67.1 Å². The minimum absolute atomic E-state index is 0.152. The Hall–Kier alpha value is -6.10. The molecule has 0 bridgehead atoms. The predicted molar refractivity (Wildman–Crippen MR) is 224 cm³/mol. The maximum Gasteiger partial charge on any atom is 0.173 e. The molecule has 1 aliphatic rings. The highest BCUT2D eigenvalue weighted by atomic mass is 16.5. The van der Waals surface area contributed by atoms with Gasteiger partial charge in [0.15, 0.2) is 11.5 Å². The van der Waals surface area contributed by atoms with Gasteiger partial charge in [-0.05, 0) is 6.08 Å². The Balaban J connectivity index is 2.37. The molecule has 56 heavy (non-hydrogen) atoms. The average molecular weight is 765 g/mol. The Bertz CT molecular complexity index is 1960. The largest absolute Gasteiger partial charge is 0.496 e. The lowest BCUT2D eigenvalue weighted by Crippen LogP contribution is -2.29. The Morgan fingerprint density at radius 1 is 0.446 bits per heavy atom. The molecule has 0 aromatic heterocycles. The van der Waals surface area contributed by atoms with Gasteiger partial charge in [-0.2, -0.15) is 0 Å². The summed E-state index contributed by atoms with van der Waals surface area (Å²) >= 11 is 0. The van der Waals surface area contributed by atoms with E-state index in [4.69, 9.17) is 47.4 Å². The van der Waals surface area contributed by atoms with Crippen LogP contribution in [0.2, 0.25) is 0 Å². The number of benzene rings is 3. The van der Waals surface area contributed by atoms with E-state index in [2.05, 4.69) is 52.6 Å². The molecule has 0 saturated heterocycles. The summed E-state index contributed by atoms with van der Waals surface area (Å²) in [4.78, 5) is 0. The lowest BCUT2D eigenvalue weighted by atomic mass is 9.82. The first-order valence-corrected chi connectivity index (χ1v) is 18.0. The highest BCUT2D eigenvalue weighted by molar-refractivity contribution is 6.13. The van der Waals surface area contributed by atoms with Gasteiger partial charge in [0, 0.05) is 45.8 Å². The summed E-state index contributed by atoms with van der Waals surface area (Å²) in [7, 11) is 3.15. The van der Waals surface area contributed by atoms with E-state index in [0.717, 1.165) is 0 Å². The molecule has 0 amide bonds. The van der Waals surface area contributed by atoms with Crippen molar-refractivity contribution >= 4 is 16.5 Å². The van der Waals surface area contributed by atoms with Gasteiger partial charge in [0.2, 0.25) is 0 Å². The monoisotopic (exact) mass is 764 g/mol. The van der Waals surface area contributed by atoms with Crippen LogP contribution >= 0.6 is 0 Å². The van der Waals surface area contributed by atoms with Crippen LogP contribution < -0.4 is 33.2 Å². The number of fused-ring (bicyclic) bond motifs is 2. The topological polar surface area (TPSA) is 92.3 Å². The smallest absolute Gasteiger partial charge is 0.173 e. The SMILES string of the molecule is C=CCOC1=C[C@@H](OCC=C)C(OCC=C)c2c(OCC=C)cc(OC)c(-c3c(OC)cc(OCC=C)c4c(OCC=C)c(OCC=C)cc(OCC=C)c34)c21. The van der Waals surface area contributed by atoms with E-state index < -0.39 is 12.2 Å². The van der Waals surface area contributed by atoms with Crippen LogP contribution in [-0.4, -0.2) is 73.2 Å². The molecule has 3 aromatic rings. The number of rotatable bonds is 27. The van der Waals surface area contributed by atoms with Gasteiger partial charge in [-0.3, -0.25) is 0 Å². The van der Waals surface area contributed by atoms with E-state index in [1.165, 1.54) is 0 Å². The van der Waals surface area contributed by atoms with E-state index in [1.54, 1.807) is 81.0 Å². The summed E-state index contributed by atoms with van der Waals surface area (Å²) in [5, 5.41) is 1.07. The van der Waals surface area contributed by atoms with Crippen molar-refractivity contribution in [2.45, 2.75) is 12.2 Å². The van der Waals surface area contributed by atoms with Gasteiger partial charge in [0.1, 0.15) is 86.4 Å². The first kappa shape index (κ1) is 42.6. The molecule has 0 radical (unpaired) electrons. The first-order chi connectivity index (χ1) is 27.4. The van der Waals surface area contributed by atoms with Gasteiger partial charge < -0.3 is 47.4 Å². The van der Waals surface area contributed by atoms with Crippen LogP contribution in [0.15, 0.2) is 126 Å². The van der Waals surface area contributed by atoms with Crippen molar-refractivity contribution in [1.29, 1.82) is 0 Å². The van der Waals surface area contributed by atoms with Gasteiger partial charge in [0.05, 0.1) is 32.8 Å². The standard InChI is InChI=1S/C46H52O10/c1-11-19-49-33-29-37(53-23-15-5)45(55-25-17-7)43-35(51-21-13-3)27-31(47-9)39(41(33)43)40-32(48-10)28-36(52-22-14-4)44-42(40)34(50-20-12-2)30-38(54-24-16-6)46(44)56-26-18-8/h11-18,27-30,37,45H,1-8,19-26H2,9-10H3/t37-,45?/m1/s1. The highest BCUT2D eigenvalue weighted by Gasteiger charge is 2.40. The maximum atomic E-state index is 6.51. The van der Waals surface area contributed by atoms with Crippen molar-refractivity contribution in [2.24, 2.45) is 0 Å². The van der Waals surface area contributed by atoms with Crippen molar-refractivity contribution in [1.82, 2.24) is 0 Å². The summed E-state index contributed by atoms with van der Waals surface area (Å²) < 4.78 is 63.5. The Kier molecular flexibility index (Phi) is 16.5. The number of ether oxygens (including phenoxy) is 10. The zero-order chi connectivity index (χ0) is 40.5. The Labute approximate surface area is 330 Å². The zero-order valence-corrected chi connectivity index (χ0v) is 32.5. The van der Waals surface area contributed by atoms with Crippen LogP contribution in [0.1, 0.15) is 17.2 Å². The summed E-state index contributed by atoms with van der Waals surface area (Å²) in [5.41, 5.74) is 2.33. The minimum atomic E-state index is -0.710. The second-order valence-corrected chi connectivity index (χ2v) is 11.9. The molecule has 0 N–H and O–H groups in total. The van der Waals surface area contributed by atoms with Crippen molar-refractivity contribution in [3.8, 4) is 51.4 Å². The van der Waals surface area contributed by atoms with Crippen molar-refractivity contribution in [3.05, 3.63) is 137 Å². The van der Waals surface area contributed by atoms with E-state index in [0.29, 0.717) is 79.0 Å². The van der Waals surface area contributed by atoms with Crippen LogP contribution in [-0.2, 0) is 14.2 Å². The molecule has 10 nitrogen and oxygen atoms in total. The molecular weight excluding hydrogens is 712 g/mol. The number of hydrogen-bond acceptors (Lipinski definition) is 10. The van der Waals surface area contributed by atoms with Gasteiger partial charge in [-0.25, -0.2) is 0 Å². The molecule has 0 heterocycles. The predicted octanol–water partition coefficient (Wildman–Crippen LogP) is 9.72. The van der Waals surface area contributed by atoms with Crippen molar-refractivity contribution < 1.29 is 47.4 Å². The summed E-state index contributed by atoms with van der Waals surface area (Å²) in [6, 6.07) is 5.34. The van der Waals surface area contributed by atoms with Gasteiger partial charge in [-0.15, -0.1) is 13.2 Å². The molecule has 0 fully saturated rings. The van der Waals surface area contributed by atoms with Crippen molar-refractivity contribution in [3.63, 3.8) is 0 Å². The lowest BCUT2D eigenvalue weighted by molar-refractivity contribution is -0.0408. The Morgan fingerprint density at radius 3 is 1.46 bits per heavy atom.